The first-order valence-corrected chi connectivity index (χ1v) is 8.04. The van der Waals surface area contributed by atoms with Gasteiger partial charge in [-0.3, -0.25) is 9.69 Å². The van der Waals surface area contributed by atoms with Crippen molar-refractivity contribution in [3.05, 3.63) is 35.9 Å². The number of hydrogen-bond acceptors (Lipinski definition) is 4. The van der Waals surface area contributed by atoms with Crippen LogP contribution in [0.4, 0.5) is 0 Å². The molecule has 1 aromatic carbocycles. The van der Waals surface area contributed by atoms with E-state index in [4.69, 9.17) is 4.74 Å². The van der Waals surface area contributed by atoms with Gasteiger partial charge in [0.25, 0.3) is 0 Å². The third-order valence-electron chi connectivity index (χ3n) is 4.55. The first-order valence-electron chi connectivity index (χ1n) is 8.04. The third kappa shape index (κ3) is 3.85. The number of ether oxygens (including phenoxy) is 1. The van der Waals surface area contributed by atoms with Gasteiger partial charge >= 0.3 is 0 Å². The number of amides is 1. The summed E-state index contributed by atoms with van der Waals surface area (Å²) in [7, 11) is 0. The fourth-order valence-corrected chi connectivity index (χ4v) is 3.29. The molecular weight excluding hydrogens is 280 g/mol. The maximum Gasteiger partial charge on any atom is 0.225 e. The van der Waals surface area contributed by atoms with Crippen LogP contribution < -0.4 is 5.32 Å². The van der Waals surface area contributed by atoms with Gasteiger partial charge < -0.3 is 15.2 Å². The van der Waals surface area contributed by atoms with Gasteiger partial charge in [-0.1, -0.05) is 30.3 Å². The molecule has 3 atom stereocenters. The number of aliphatic hydroxyl groups excluding tert-OH is 1. The molecule has 2 aliphatic heterocycles. The van der Waals surface area contributed by atoms with E-state index in [9.17, 15) is 9.90 Å². The Labute approximate surface area is 131 Å². The summed E-state index contributed by atoms with van der Waals surface area (Å²) in [5.41, 5.74) is 1.23. The average Bonchev–Trinajstić information content (AvgIpc) is 3.16. The maximum atomic E-state index is 12.1. The lowest BCUT2D eigenvalue weighted by Crippen LogP contribution is -2.42. The van der Waals surface area contributed by atoms with Crippen LogP contribution in [-0.4, -0.2) is 54.4 Å². The summed E-state index contributed by atoms with van der Waals surface area (Å²) in [5.74, 6) is 0.0763. The van der Waals surface area contributed by atoms with Crippen LogP contribution in [0.1, 0.15) is 18.4 Å². The smallest absolute Gasteiger partial charge is 0.225 e. The van der Waals surface area contributed by atoms with Crippen molar-refractivity contribution in [1.29, 1.82) is 0 Å². The maximum absolute atomic E-state index is 12.1. The molecule has 2 heterocycles. The standard InChI is InChI=1S/C17H24N2O3/c20-16-8-15(9-18-17(21)14-6-7-22-12-14)19(11-16)10-13-4-2-1-3-5-13/h1-5,14-16,20H,6-12H2,(H,18,21). The first kappa shape index (κ1) is 15.5. The Kier molecular flexibility index (Phi) is 5.08. The molecular formula is C17H24N2O3. The van der Waals surface area contributed by atoms with Crippen LogP contribution >= 0.6 is 0 Å². The molecule has 120 valence electrons. The fourth-order valence-electron chi connectivity index (χ4n) is 3.29. The third-order valence-corrected chi connectivity index (χ3v) is 4.55. The molecule has 2 N–H and O–H groups in total. The number of nitrogens with zero attached hydrogens (tertiary/aromatic N) is 1. The van der Waals surface area contributed by atoms with Crippen LogP contribution in [0.25, 0.3) is 0 Å². The van der Waals surface area contributed by atoms with Crippen LogP contribution in [-0.2, 0) is 16.1 Å². The summed E-state index contributed by atoms with van der Waals surface area (Å²) in [6, 6.07) is 10.4. The van der Waals surface area contributed by atoms with Gasteiger partial charge in [-0.25, -0.2) is 0 Å². The van der Waals surface area contributed by atoms with Crippen LogP contribution in [0.15, 0.2) is 30.3 Å². The zero-order valence-corrected chi connectivity index (χ0v) is 12.8. The Morgan fingerprint density at radius 2 is 2.18 bits per heavy atom. The number of rotatable bonds is 5. The van der Waals surface area contributed by atoms with Gasteiger partial charge in [-0.05, 0) is 18.4 Å². The van der Waals surface area contributed by atoms with Gasteiger partial charge in [0.15, 0.2) is 0 Å². The summed E-state index contributed by atoms with van der Waals surface area (Å²) in [4.78, 5) is 14.3. The van der Waals surface area contributed by atoms with Gasteiger partial charge in [0.05, 0.1) is 18.6 Å². The van der Waals surface area contributed by atoms with Gasteiger partial charge in [-0.2, -0.15) is 0 Å². The number of likely N-dealkylation sites (tertiary alicyclic amines) is 1. The van der Waals surface area contributed by atoms with E-state index in [2.05, 4.69) is 22.3 Å². The van der Waals surface area contributed by atoms with Crippen molar-refractivity contribution < 1.29 is 14.6 Å². The quantitative estimate of drug-likeness (QED) is 0.844. The molecule has 0 radical (unpaired) electrons. The SMILES string of the molecule is O=C(NCC1CC(O)CN1Cc1ccccc1)C1CCOC1. The lowest BCUT2D eigenvalue weighted by atomic mass is 10.1. The second-order valence-electron chi connectivity index (χ2n) is 6.26. The Morgan fingerprint density at radius 1 is 1.36 bits per heavy atom. The molecule has 3 rings (SSSR count). The number of nitrogens with one attached hydrogen (secondary N) is 1. The van der Waals surface area contributed by atoms with E-state index in [1.165, 1.54) is 5.56 Å². The summed E-state index contributed by atoms with van der Waals surface area (Å²) in [6.45, 7) is 3.29. The van der Waals surface area contributed by atoms with Crippen molar-refractivity contribution in [2.24, 2.45) is 5.92 Å². The van der Waals surface area contributed by atoms with Gasteiger partial charge in [0, 0.05) is 32.3 Å². The molecule has 5 nitrogen and oxygen atoms in total. The molecule has 3 unspecified atom stereocenters. The Bertz CT molecular complexity index is 488. The van der Waals surface area contributed by atoms with Crippen molar-refractivity contribution in [3.8, 4) is 0 Å². The monoisotopic (exact) mass is 304 g/mol. The van der Waals surface area contributed by atoms with E-state index in [1.807, 2.05) is 18.2 Å². The second kappa shape index (κ2) is 7.22. The molecule has 5 heteroatoms. The van der Waals surface area contributed by atoms with E-state index in [-0.39, 0.29) is 24.0 Å². The molecule has 2 saturated heterocycles. The normalized spacial score (nSPS) is 28.9. The number of hydrogen-bond donors (Lipinski definition) is 2. The van der Waals surface area contributed by atoms with Crippen molar-refractivity contribution in [3.63, 3.8) is 0 Å². The topological polar surface area (TPSA) is 61.8 Å². The van der Waals surface area contributed by atoms with Gasteiger partial charge in [0.1, 0.15) is 0 Å². The average molecular weight is 304 g/mol. The largest absolute Gasteiger partial charge is 0.392 e. The highest BCUT2D eigenvalue weighted by atomic mass is 16.5. The first-order chi connectivity index (χ1) is 10.7. The van der Waals surface area contributed by atoms with Crippen LogP contribution in [0, 0.1) is 5.92 Å². The number of carbonyl (C=O) groups excluding carboxylic acids is 1. The van der Waals surface area contributed by atoms with Crippen molar-refractivity contribution >= 4 is 5.91 Å². The zero-order chi connectivity index (χ0) is 15.4. The molecule has 1 amide bonds. The predicted molar refractivity (Wildman–Crippen MR) is 83.2 cm³/mol. The summed E-state index contributed by atoms with van der Waals surface area (Å²) in [5, 5.41) is 13.0. The van der Waals surface area contributed by atoms with E-state index in [1.54, 1.807) is 0 Å². The van der Waals surface area contributed by atoms with E-state index in [0.29, 0.717) is 32.7 Å². The molecule has 1 aromatic rings. The minimum atomic E-state index is -0.305. The highest BCUT2D eigenvalue weighted by Crippen LogP contribution is 2.20. The van der Waals surface area contributed by atoms with E-state index < -0.39 is 0 Å². The fraction of sp³-hybridized carbons (Fsp3) is 0.588. The Balaban J connectivity index is 1.53. The van der Waals surface area contributed by atoms with Crippen LogP contribution in [0.5, 0.6) is 0 Å². The number of benzene rings is 1. The molecule has 0 aliphatic carbocycles. The summed E-state index contributed by atoms with van der Waals surface area (Å²) < 4.78 is 5.26. The molecule has 2 aliphatic rings. The van der Waals surface area contributed by atoms with Gasteiger partial charge in [0.2, 0.25) is 5.91 Å². The van der Waals surface area contributed by atoms with Crippen molar-refractivity contribution in [2.45, 2.75) is 31.5 Å². The summed E-state index contributed by atoms with van der Waals surface area (Å²) in [6.07, 6.45) is 1.22. The molecule has 0 aromatic heterocycles. The van der Waals surface area contributed by atoms with Crippen LogP contribution in [0.3, 0.4) is 0 Å². The summed E-state index contributed by atoms with van der Waals surface area (Å²) >= 11 is 0. The van der Waals surface area contributed by atoms with Crippen molar-refractivity contribution in [2.75, 3.05) is 26.3 Å². The molecule has 0 bridgehead atoms. The highest BCUT2D eigenvalue weighted by Gasteiger charge is 2.32. The highest BCUT2D eigenvalue weighted by molar-refractivity contribution is 5.79. The van der Waals surface area contributed by atoms with E-state index in [0.717, 1.165) is 13.0 Å². The molecule has 0 spiro atoms. The minimum absolute atomic E-state index is 0.00565. The molecule has 2 fully saturated rings. The minimum Gasteiger partial charge on any atom is -0.392 e. The Hall–Kier alpha value is -1.43. The number of carbonyl (C=O) groups is 1. The van der Waals surface area contributed by atoms with Crippen LogP contribution in [0.2, 0.25) is 0 Å². The Morgan fingerprint density at radius 3 is 2.91 bits per heavy atom. The second-order valence-corrected chi connectivity index (χ2v) is 6.26. The zero-order valence-electron chi connectivity index (χ0n) is 12.8. The van der Waals surface area contributed by atoms with E-state index >= 15 is 0 Å². The molecule has 0 saturated carbocycles. The van der Waals surface area contributed by atoms with Crippen molar-refractivity contribution in [1.82, 2.24) is 10.2 Å². The lowest BCUT2D eigenvalue weighted by molar-refractivity contribution is -0.125. The van der Waals surface area contributed by atoms with Gasteiger partial charge in [-0.15, -0.1) is 0 Å². The predicted octanol–water partition coefficient (Wildman–Crippen LogP) is 0.774. The lowest BCUT2D eigenvalue weighted by Gasteiger charge is -2.25. The molecule has 22 heavy (non-hydrogen) atoms. The number of β-amino-alcohol motifs (C(OH)–C–C–N with tert-alkyl or cyclic N) is 1. The number of aliphatic hydroxyl groups is 1.